The van der Waals surface area contributed by atoms with Gasteiger partial charge in [-0.2, -0.15) is 5.10 Å². The average Bonchev–Trinajstić information content (AvgIpc) is 3.44. The number of ether oxygens (including phenoxy) is 1. The van der Waals surface area contributed by atoms with E-state index in [1.165, 1.54) is 4.90 Å². The number of nitrogens with zero attached hydrogens (tertiary/aromatic N) is 4. The third kappa shape index (κ3) is 7.92. The number of fused-ring (bicyclic) bond motifs is 1. The summed E-state index contributed by atoms with van der Waals surface area (Å²) in [6.45, 7) is 6.90. The van der Waals surface area contributed by atoms with Gasteiger partial charge >= 0.3 is 11.8 Å². The molecule has 4 aromatic rings. The standard InChI is InChI=1S/C36H40Cl2N6O4/c1-23-22-48-15-14-42(23)19-29(45)20-44-33-12-13-43(36(47)35(39)46)21-31(33)34(41-44)27-8-11-32(38)30(16-27)26-6-2-24(3-7-26)17-40-18-25-4-9-28(37)10-5-25/h2-11,16,23,29,40,45H,12-15,17-22H2,1H3,(H2,39,46)/t23-,29-/m0/s1. The Morgan fingerprint density at radius 3 is 2.38 bits per heavy atom. The predicted octanol–water partition coefficient (Wildman–Crippen LogP) is 4.27. The van der Waals surface area contributed by atoms with Gasteiger partial charge in [0.1, 0.15) is 0 Å². The van der Waals surface area contributed by atoms with Gasteiger partial charge in [-0.1, -0.05) is 65.7 Å². The van der Waals surface area contributed by atoms with Gasteiger partial charge in [0.15, 0.2) is 0 Å². The van der Waals surface area contributed by atoms with E-state index in [0.717, 1.165) is 57.2 Å². The van der Waals surface area contributed by atoms with E-state index >= 15 is 0 Å². The molecule has 1 saturated heterocycles. The number of halogens is 2. The minimum Gasteiger partial charge on any atom is -0.390 e. The van der Waals surface area contributed by atoms with E-state index in [0.29, 0.717) is 56.5 Å². The summed E-state index contributed by atoms with van der Waals surface area (Å²) in [6, 6.07) is 22.0. The van der Waals surface area contributed by atoms with Crippen LogP contribution in [0.2, 0.25) is 10.0 Å². The van der Waals surface area contributed by atoms with Gasteiger partial charge in [-0.15, -0.1) is 0 Å². The lowest BCUT2D eigenvalue weighted by Crippen LogP contribution is -2.47. The number of aromatic nitrogens is 2. The van der Waals surface area contributed by atoms with Crippen LogP contribution in [0.15, 0.2) is 66.7 Å². The largest absolute Gasteiger partial charge is 0.390 e. The lowest BCUT2D eigenvalue weighted by atomic mass is 9.97. The van der Waals surface area contributed by atoms with Crippen molar-refractivity contribution in [1.29, 1.82) is 0 Å². The van der Waals surface area contributed by atoms with E-state index in [4.69, 9.17) is 38.8 Å². The van der Waals surface area contributed by atoms with E-state index in [-0.39, 0.29) is 12.6 Å². The van der Waals surface area contributed by atoms with Gasteiger partial charge in [0, 0.05) is 77.6 Å². The number of nitrogens with one attached hydrogen (secondary N) is 1. The summed E-state index contributed by atoms with van der Waals surface area (Å²) in [6.07, 6.45) is -0.177. The molecule has 6 rings (SSSR count). The summed E-state index contributed by atoms with van der Waals surface area (Å²) in [4.78, 5) is 28.1. The number of benzene rings is 3. The molecule has 0 saturated carbocycles. The fraction of sp³-hybridized carbons (Fsp3) is 0.361. The van der Waals surface area contributed by atoms with Crippen molar-refractivity contribution in [2.75, 3.05) is 32.8 Å². The number of aliphatic hydroxyl groups excluding tert-OH is 1. The summed E-state index contributed by atoms with van der Waals surface area (Å²) in [7, 11) is 0. The Morgan fingerprint density at radius 1 is 1.00 bits per heavy atom. The maximum Gasteiger partial charge on any atom is 0.311 e. The molecule has 0 bridgehead atoms. The molecule has 48 heavy (non-hydrogen) atoms. The van der Waals surface area contributed by atoms with Crippen LogP contribution in [0.3, 0.4) is 0 Å². The van der Waals surface area contributed by atoms with Crippen molar-refractivity contribution in [3.05, 3.63) is 99.2 Å². The highest BCUT2D eigenvalue weighted by atomic mass is 35.5. The molecule has 0 aliphatic carbocycles. The van der Waals surface area contributed by atoms with Gasteiger partial charge in [-0.3, -0.25) is 19.2 Å². The van der Waals surface area contributed by atoms with E-state index < -0.39 is 17.9 Å². The van der Waals surface area contributed by atoms with Crippen molar-refractivity contribution in [1.82, 2.24) is 24.9 Å². The number of hydrogen-bond acceptors (Lipinski definition) is 7. The lowest BCUT2D eigenvalue weighted by Gasteiger charge is -2.34. The molecule has 2 aliphatic heterocycles. The molecule has 0 spiro atoms. The second-order valence-corrected chi connectivity index (χ2v) is 13.3. The fourth-order valence-corrected chi connectivity index (χ4v) is 6.77. The summed E-state index contributed by atoms with van der Waals surface area (Å²) >= 11 is 12.7. The minimum absolute atomic E-state index is 0.193. The Morgan fingerprint density at radius 2 is 1.69 bits per heavy atom. The van der Waals surface area contributed by atoms with Crippen molar-refractivity contribution < 1.29 is 19.4 Å². The fourth-order valence-electron chi connectivity index (χ4n) is 6.41. The second-order valence-electron chi connectivity index (χ2n) is 12.5. The molecule has 4 N–H and O–H groups in total. The smallest absolute Gasteiger partial charge is 0.311 e. The number of morpholine rings is 1. The van der Waals surface area contributed by atoms with Crippen LogP contribution < -0.4 is 11.1 Å². The molecule has 1 fully saturated rings. The summed E-state index contributed by atoms with van der Waals surface area (Å²) < 4.78 is 7.41. The zero-order chi connectivity index (χ0) is 33.8. The Bertz CT molecular complexity index is 1760. The third-order valence-corrected chi connectivity index (χ3v) is 9.62. The molecule has 2 atom stereocenters. The Balaban J connectivity index is 1.24. The predicted molar refractivity (Wildman–Crippen MR) is 186 cm³/mol. The van der Waals surface area contributed by atoms with Gasteiger partial charge < -0.3 is 25.8 Å². The first-order chi connectivity index (χ1) is 23.2. The molecular weight excluding hydrogens is 651 g/mol. The van der Waals surface area contributed by atoms with Gasteiger partial charge in [-0.05, 0) is 47.9 Å². The van der Waals surface area contributed by atoms with Crippen molar-refractivity contribution >= 4 is 35.0 Å². The molecule has 252 valence electrons. The van der Waals surface area contributed by atoms with E-state index in [1.54, 1.807) is 0 Å². The molecule has 0 unspecified atom stereocenters. The van der Waals surface area contributed by atoms with E-state index in [9.17, 15) is 14.7 Å². The number of hydrogen-bond donors (Lipinski definition) is 3. The number of carbonyl (C=O) groups is 2. The summed E-state index contributed by atoms with van der Waals surface area (Å²) in [5.74, 6) is -1.71. The van der Waals surface area contributed by atoms with Crippen LogP contribution in [-0.2, 0) is 46.9 Å². The zero-order valence-corrected chi connectivity index (χ0v) is 28.4. The summed E-state index contributed by atoms with van der Waals surface area (Å²) in [5, 5.41) is 20.9. The Kier molecular flexibility index (Phi) is 10.8. The molecule has 12 heteroatoms. The number of β-amino-alcohol motifs (C(OH)–C–C–N with tert-alkyl or cyclic N) is 1. The third-order valence-electron chi connectivity index (χ3n) is 9.04. The minimum atomic E-state index is -0.986. The maximum atomic E-state index is 12.6. The first-order valence-corrected chi connectivity index (χ1v) is 16.9. The molecule has 3 aromatic carbocycles. The van der Waals surface area contributed by atoms with Crippen LogP contribution in [0, 0.1) is 0 Å². The van der Waals surface area contributed by atoms with Crippen LogP contribution in [0.4, 0.5) is 0 Å². The van der Waals surface area contributed by atoms with Gasteiger partial charge in [0.05, 0.1) is 38.1 Å². The number of carbonyl (C=O) groups excluding carboxylic acids is 2. The SMILES string of the molecule is C[C@H]1COCCN1C[C@H](O)Cn1nc(-c2ccc(Cl)c(-c3ccc(CNCc4ccc(Cl)cc4)cc3)c2)c2c1CCN(C(=O)C(N)=O)C2. The van der Waals surface area contributed by atoms with Gasteiger partial charge in [-0.25, -0.2) is 0 Å². The molecule has 2 aliphatic rings. The van der Waals surface area contributed by atoms with Crippen LogP contribution in [0.5, 0.6) is 0 Å². The van der Waals surface area contributed by atoms with Crippen molar-refractivity contribution in [3.8, 4) is 22.4 Å². The highest BCUT2D eigenvalue weighted by molar-refractivity contribution is 6.34. The Labute approximate surface area is 290 Å². The highest BCUT2D eigenvalue weighted by Crippen LogP contribution is 2.36. The number of nitrogens with two attached hydrogens (primary N) is 1. The zero-order valence-electron chi connectivity index (χ0n) is 26.9. The topological polar surface area (TPSA) is 126 Å². The molecule has 1 aromatic heterocycles. The van der Waals surface area contributed by atoms with E-state index in [1.807, 2.05) is 47.1 Å². The number of amides is 2. The average molecular weight is 692 g/mol. The van der Waals surface area contributed by atoms with E-state index in [2.05, 4.69) is 41.4 Å². The molecular formula is C36H40Cl2N6O4. The van der Waals surface area contributed by atoms with Crippen LogP contribution in [-0.4, -0.2) is 81.5 Å². The number of aliphatic hydroxyl groups is 1. The Hall–Kier alpha value is -3.77. The molecule has 10 nitrogen and oxygen atoms in total. The van der Waals surface area contributed by atoms with Gasteiger partial charge in [0.2, 0.25) is 0 Å². The number of rotatable bonds is 10. The summed E-state index contributed by atoms with van der Waals surface area (Å²) in [5.41, 5.74) is 12.7. The van der Waals surface area contributed by atoms with Crippen molar-refractivity contribution in [2.24, 2.45) is 5.73 Å². The molecule has 0 radical (unpaired) electrons. The molecule has 3 heterocycles. The maximum absolute atomic E-state index is 12.6. The quantitative estimate of drug-likeness (QED) is 0.212. The van der Waals surface area contributed by atoms with Crippen LogP contribution in [0.25, 0.3) is 22.4 Å². The number of primary amides is 1. The first-order valence-electron chi connectivity index (χ1n) is 16.2. The lowest BCUT2D eigenvalue weighted by molar-refractivity contribution is -0.144. The van der Waals surface area contributed by atoms with Crippen molar-refractivity contribution in [2.45, 2.75) is 51.7 Å². The van der Waals surface area contributed by atoms with Crippen LogP contribution >= 0.6 is 23.2 Å². The van der Waals surface area contributed by atoms with Crippen LogP contribution in [0.1, 0.15) is 29.3 Å². The monoisotopic (exact) mass is 690 g/mol. The normalized spacial score (nSPS) is 17.2. The van der Waals surface area contributed by atoms with Crippen molar-refractivity contribution in [3.63, 3.8) is 0 Å². The molecule has 2 amide bonds. The first kappa shape index (κ1) is 34.1. The highest BCUT2D eigenvalue weighted by Gasteiger charge is 2.31. The second kappa shape index (κ2) is 15.2. The van der Waals surface area contributed by atoms with Gasteiger partial charge in [0.25, 0.3) is 0 Å².